The Hall–Kier alpha value is -3.14. The lowest BCUT2D eigenvalue weighted by Crippen LogP contribution is -2.42. The van der Waals surface area contributed by atoms with Crippen LogP contribution in [-0.2, 0) is 17.1 Å². The largest absolute Gasteiger partial charge is 0.491 e. The zero-order valence-electron chi connectivity index (χ0n) is 16.2. The first-order valence-corrected chi connectivity index (χ1v) is 9.10. The molecule has 2 aromatic carbocycles. The topological polar surface area (TPSA) is 45.5 Å². The highest BCUT2D eigenvalue weighted by molar-refractivity contribution is 5.56. The number of halogens is 9. The number of alkyl halides is 9. The molecular weight excluding hydrogens is 471 g/mol. The number of hydrogen-bond donors (Lipinski definition) is 0. The van der Waals surface area contributed by atoms with Crippen LogP contribution >= 0.6 is 0 Å². The maximum atomic E-state index is 13.5. The van der Waals surface area contributed by atoms with Crippen LogP contribution < -0.4 is 9.64 Å². The van der Waals surface area contributed by atoms with E-state index < -0.39 is 66.4 Å². The molecule has 1 heterocycles. The summed E-state index contributed by atoms with van der Waals surface area (Å²) in [6.45, 7) is -1.02. The van der Waals surface area contributed by atoms with Crippen molar-refractivity contribution in [3.05, 3.63) is 59.2 Å². The van der Waals surface area contributed by atoms with Crippen LogP contribution in [0.5, 0.6) is 5.75 Å². The summed E-state index contributed by atoms with van der Waals surface area (Å²) in [4.78, 5) is 0.553. The number of benzene rings is 2. The quantitative estimate of drug-likeness (QED) is 0.518. The molecule has 1 fully saturated rings. The number of nitriles is 1. The van der Waals surface area contributed by atoms with Crippen LogP contribution in [0, 0.1) is 11.3 Å². The van der Waals surface area contributed by atoms with Gasteiger partial charge in [-0.15, -0.1) is 0 Å². The van der Waals surface area contributed by atoms with Crippen LogP contribution in [0.3, 0.4) is 0 Å². The molecule has 13 heteroatoms. The van der Waals surface area contributed by atoms with Crippen LogP contribution in [0.2, 0.25) is 0 Å². The summed E-state index contributed by atoms with van der Waals surface area (Å²) in [5.41, 5.74) is -3.57. The Bertz CT molecular complexity index is 1020. The van der Waals surface area contributed by atoms with Gasteiger partial charge in [-0.25, -0.2) is 0 Å². The molecule has 0 N–H and O–H groups in total. The molecule has 0 aromatic heterocycles. The van der Waals surface area contributed by atoms with Gasteiger partial charge in [-0.3, -0.25) is 0 Å². The van der Waals surface area contributed by atoms with Gasteiger partial charge in [0.15, 0.2) is 0 Å². The van der Waals surface area contributed by atoms with Crippen LogP contribution in [-0.4, -0.2) is 31.7 Å². The van der Waals surface area contributed by atoms with Crippen molar-refractivity contribution < 1.29 is 49.0 Å². The van der Waals surface area contributed by atoms with Crippen molar-refractivity contribution in [3.63, 3.8) is 0 Å². The summed E-state index contributed by atoms with van der Waals surface area (Å²) in [5, 5.41) is 8.85. The van der Waals surface area contributed by atoms with Crippen molar-refractivity contribution in [1.29, 1.82) is 5.26 Å². The highest BCUT2D eigenvalue weighted by Crippen LogP contribution is 2.39. The molecule has 1 aliphatic heterocycles. The normalized spacial score (nSPS) is 19.5. The van der Waals surface area contributed by atoms with Crippen molar-refractivity contribution in [2.24, 2.45) is 0 Å². The van der Waals surface area contributed by atoms with Crippen LogP contribution in [0.15, 0.2) is 42.5 Å². The maximum absolute atomic E-state index is 13.5. The molecule has 1 saturated heterocycles. The lowest BCUT2D eigenvalue weighted by molar-refractivity contribution is -0.215. The highest BCUT2D eigenvalue weighted by Gasteiger charge is 2.51. The third-order valence-electron chi connectivity index (χ3n) is 4.66. The second kappa shape index (κ2) is 8.66. The Balaban J connectivity index is 1.79. The summed E-state index contributed by atoms with van der Waals surface area (Å²) in [7, 11) is 0. The highest BCUT2D eigenvalue weighted by atomic mass is 19.4. The van der Waals surface area contributed by atoms with E-state index in [9.17, 15) is 39.5 Å². The van der Waals surface area contributed by atoms with E-state index in [-0.39, 0.29) is 5.75 Å². The van der Waals surface area contributed by atoms with E-state index in [2.05, 4.69) is 0 Å². The molecule has 1 aliphatic rings. The minimum atomic E-state index is -4.98. The first-order chi connectivity index (χ1) is 15.2. The van der Waals surface area contributed by atoms with Gasteiger partial charge in [0, 0.05) is 5.69 Å². The van der Waals surface area contributed by atoms with Crippen LogP contribution in [0.25, 0.3) is 0 Å². The van der Waals surface area contributed by atoms with Gasteiger partial charge in [0.25, 0.3) is 0 Å². The molecule has 0 aliphatic carbocycles. The smallest absolute Gasteiger partial charge is 0.433 e. The second-order valence-corrected chi connectivity index (χ2v) is 6.98. The summed E-state index contributed by atoms with van der Waals surface area (Å²) < 4.78 is 128. The van der Waals surface area contributed by atoms with E-state index in [4.69, 9.17) is 14.7 Å². The minimum Gasteiger partial charge on any atom is -0.491 e. The van der Waals surface area contributed by atoms with Crippen LogP contribution in [0.4, 0.5) is 45.2 Å². The zero-order chi connectivity index (χ0) is 24.6. The third kappa shape index (κ3) is 5.62. The average Bonchev–Trinajstić information content (AvgIpc) is 3.16. The predicted molar refractivity (Wildman–Crippen MR) is 95.2 cm³/mol. The summed E-state index contributed by atoms with van der Waals surface area (Å²) in [6, 6.07) is 6.88. The van der Waals surface area contributed by atoms with Gasteiger partial charge in [0.2, 0.25) is 6.23 Å². The Morgan fingerprint density at radius 1 is 0.939 bits per heavy atom. The fourth-order valence-corrected chi connectivity index (χ4v) is 3.17. The first-order valence-electron chi connectivity index (χ1n) is 9.10. The molecule has 4 nitrogen and oxygen atoms in total. The molecule has 2 unspecified atom stereocenters. The van der Waals surface area contributed by atoms with Gasteiger partial charge in [0.1, 0.15) is 18.5 Å². The lowest BCUT2D eigenvalue weighted by Gasteiger charge is -2.27. The summed E-state index contributed by atoms with van der Waals surface area (Å²) in [5.74, 6) is -0.0636. The summed E-state index contributed by atoms with van der Waals surface area (Å²) in [6.07, 6.45) is -18.4. The molecule has 2 aromatic rings. The number of nitrogens with zero attached hydrogens (tertiary/aromatic N) is 2. The Morgan fingerprint density at radius 3 is 2.09 bits per heavy atom. The van der Waals surface area contributed by atoms with E-state index in [0.29, 0.717) is 11.0 Å². The van der Waals surface area contributed by atoms with Gasteiger partial charge >= 0.3 is 18.5 Å². The van der Waals surface area contributed by atoms with Crippen molar-refractivity contribution in [2.45, 2.75) is 30.9 Å². The van der Waals surface area contributed by atoms with E-state index >= 15 is 0 Å². The molecule has 33 heavy (non-hydrogen) atoms. The second-order valence-electron chi connectivity index (χ2n) is 6.98. The monoisotopic (exact) mass is 484 g/mol. The molecule has 0 bridgehead atoms. The number of hydrogen-bond acceptors (Lipinski definition) is 4. The third-order valence-corrected chi connectivity index (χ3v) is 4.66. The maximum Gasteiger partial charge on any atom is 0.433 e. The van der Waals surface area contributed by atoms with E-state index in [1.165, 1.54) is 6.07 Å². The van der Waals surface area contributed by atoms with E-state index in [1.54, 1.807) is 0 Å². The standard InChI is InChI=1S/C20H13F9N2O2/c21-18(22,23)12-2-5-14(6-3-12)32-10-15-9-31(17(33-15)20(27,28)29)13-4-1-11(8-30)16(7-13)19(24,25)26/h1-7,15,17H,9-10H2. The van der Waals surface area contributed by atoms with Crippen molar-refractivity contribution in [1.82, 2.24) is 0 Å². The molecule has 0 amide bonds. The molecular formula is C20H13F9N2O2. The molecule has 0 radical (unpaired) electrons. The fourth-order valence-electron chi connectivity index (χ4n) is 3.17. The van der Waals surface area contributed by atoms with Gasteiger partial charge in [-0.05, 0) is 42.5 Å². The SMILES string of the molecule is N#Cc1ccc(N2CC(COc3ccc(C(F)(F)F)cc3)OC2C(F)(F)F)cc1C(F)(F)F. The fraction of sp³-hybridized carbons (Fsp3) is 0.350. The Morgan fingerprint density at radius 2 is 1.58 bits per heavy atom. The average molecular weight is 484 g/mol. The lowest BCUT2D eigenvalue weighted by atomic mass is 10.1. The Labute approximate surface area is 180 Å². The van der Waals surface area contributed by atoms with Crippen molar-refractivity contribution >= 4 is 5.69 Å². The predicted octanol–water partition coefficient (Wildman–Crippen LogP) is 5.77. The van der Waals surface area contributed by atoms with Gasteiger partial charge in [-0.2, -0.15) is 44.8 Å². The van der Waals surface area contributed by atoms with Gasteiger partial charge < -0.3 is 14.4 Å². The Kier molecular flexibility index (Phi) is 6.43. The minimum absolute atomic E-state index is 0.0636. The summed E-state index contributed by atoms with van der Waals surface area (Å²) >= 11 is 0. The number of rotatable bonds is 4. The molecule has 2 atom stereocenters. The number of ether oxygens (including phenoxy) is 2. The van der Waals surface area contributed by atoms with Crippen molar-refractivity contribution in [2.75, 3.05) is 18.1 Å². The zero-order valence-corrected chi connectivity index (χ0v) is 16.2. The van der Waals surface area contributed by atoms with Gasteiger partial charge in [-0.1, -0.05) is 0 Å². The van der Waals surface area contributed by atoms with E-state index in [1.807, 2.05) is 0 Å². The van der Waals surface area contributed by atoms with Crippen LogP contribution in [0.1, 0.15) is 16.7 Å². The molecule has 3 rings (SSSR count). The first kappa shape index (κ1) is 24.5. The number of anilines is 1. The molecule has 178 valence electrons. The molecule has 0 spiro atoms. The van der Waals surface area contributed by atoms with E-state index in [0.717, 1.165) is 36.4 Å². The van der Waals surface area contributed by atoms with Crippen molar-refractivity contribution in [3.8, 4) is 11.8 Å². The van der Waals surface area contributed by atoms with Gasteiger partial charge in [0.05, 0.1) is 29.3 Å². The molecule has 0 saturated carbocycles.